The number of fused-ring (bicyclic) bond motifs is 8. The van der Waals surface area contributed by atoms with Crippen molar-refractivity contribution in [3.05, 3.63) is 137 Å². The topological polar surface area (TPSA) is 58.9 Å². The van der Waals surface area contributed by atoms with Crippen molar-refractivity contribution in [2.75, 3.05) is 13.2 Å². The fourth-order valence-electron chi connectivity index (χ4n) is 6.82. The highest BCUT2D eigenvalue weighted by Gasteiger charge is 2.22. The first-order valence-electron chi connectivity index (χ1n) is 16.7. The molecule has 0 spiro atoms. The Kier molecular flexibility index (Phi) is 10.5. The highest BCUT2D eigenvalue weighted by atomic mass is 79.9. The van der Waals surface area contributed by atoms with Crippen LogP contribution in [0.1, 0.15) is 82.3 Å². The molecule has 0 saturated carbocycles. The molecule has 5 aromatic rings. The van der Waals surface area contributed by atoms with E-state index in [1.807, 2.05) is 24.3 Å². The number of phenols is 2. The van der Waals surface area contributed by atoms with E-state index >= 15 is 0 Å². The Labute approximate surface area is 301 Å². The number of hydrogen-bond donors (Lipinski definition) is 2. The van der Waals surface area contributed by atoms with E-state index in [9.17, 15) is 10.2 Å². The van der Waals surface area contributed by atoms with Crippen LogP contribution in [-0.2, 0) is 25.7 Å². The minimum Gasteiger partial charge on any atom is -0.507 e. The molecule has 0 saturated heterocycles. The van der Waals surface area contributed by atoms with E-state index in [4.69, 9.17) is 9.47 Å². The lowest BCUT2D eigenvalue weighted by atomic mass is 9.89. The van der Waals surface area contributed by atoms with Crippen molar-refractivity contribution < 1.29 is 19.7 Å². The van der Waals surface area contributed by atoms with Crippen LogP contribution in [0.5, 0.6) is 23.0 Å². The molecule has 1 aliphatic rings. The quantitative estimate of drug-likeness (QED) is 0.170. The van der Waals surface area contributed by atoms with Gasteiger partial charge in [-0.3, -0.25) is 0 Å². The molecule has 5 aromatic carbocycles. The third-order valence-corrected chi connectivity index (χ3v) is 9.78. The summed E-state index contributed by atoms with van der Waals surface area (Å²) in [7, 11) is 0. The van der Waals surface area contributed by atoms with Crippen LogP contribution in [0.4, 0.5) is 0 Å². The molecular weight excluding hydrogens is 728 g/mol. The van der Waals surface area contributed by atoms with Crippen molar-refractivity contribution >= 4 is 31.9 Å². The molecule has 0 radical (unpaired) electrons. The zero-order valence-electron chi connectivity index (χ0n) is 28.1. The summed E-state index contributed by atoms with van der Waals surface area (Å²) < 4.78 is 14.9. The second kappa shape index (κ2) is 14.8. The lowest BCUT2D eigenvalue weighted by Crippen LogP contribution is -2.08. The van der Waals surface area contributed by atoms with Gasteiger partial charge in [0.1, 0.15) is 23.0 Å². The van der Waals surface area contributed by atoms with Gasteiger partial charge in [0.2, 0.25) is 0 Å². The average Bonchev–Trinajstić information content (AvgIpc) is 3.03. The maximum atomic E-state index is 11.8. The number of aromatic hydroxyl groups is 2. The van der Waals surface area contributed by atoms with Crippen molar-refractivity contribution in [2.24, 2.45) is 0 Å². The summed E-state index contributed by atoms with van der Waals surface area (Å²) in [6.45, 7) is 9.69. The van der Waals surface area contributed by atoms with E-state index in [1.165, 1.54) is 11.1 Å². The number of hydrogen-bond acceptors (Lipinski definition) is 4. The van der Waals surface area contributed by atoms with E-state index in [2.05, 4.69) is 108 Å². The smallest absolute Gasteiger partial charge is 0.126 e. The lowest BCUT2D eigenvalue weighted by Gasteiger charge is -2.22. The van der Waals surface area contributed by atoms with Gasteiger partial charge in [0.15, 0.2) is 0 Å². The first kappa shape index (κ1) is 34.1. The number of benzene rings is 5. The Morgan fingerprint density at radius 2 is 0.896 bits per heavy atom. The van der Waals surface area contributed by atoms with Crippen LogP contribution in [0.15, 0.2) is 81.7 Å². The van der Waals surface area contributed by atoms with Gasteiger partial charge in [-0.1, -0.05) is 93.2 Å². The summed E-state index contributed by atoms with van der Waals surface area (Å²) in [6, 6.07) is 25.3. The molecule has 0 amide bonds. The molecule has 0 unspecified atom stereocenters. The van der Waals surface area contributed by atoms with Gasteiger partial charge >= 0.3 is 0 Å². The van der Waals surface area contributed by atoms with Gasteiger partial charge < -0.3 is 19.7 Å². The van der Waals surface area contributed by atoms with Crippen molar-refractivity contribution in [3.8, 4) is 34.1 Å². The molecule has 2 N–H and O–H groups in total. The van der Waals surface area contributed by atoms with Gasteiger partial charge in [-0.25, -0.2) is 0 Å². The molecule has 0 atom stereocenters. The molecule has 248 valence electrons. The van der Waals surface area contributed by atoms with Crippen molar-refractivity contribution in [3.63, 3.8) is 0 Å². The normalized spacial score (nSPS) is 12.5. The van der Waals surface area contributed by atoms with Gasteiger partial charge in [-0.15, -0.1) is 0 Å². The highest BCUT2D eigenvalue weighted by Crippen LogP contribution is 2.41. The average molecular weight is 771 g/mol. The summed E-state index contributed by atoms with van der Waals surface area (Å²) in [5.41, 5.74) is 11.9. The van der Waals surface area contributed by atoms with Gasteiger partial charge in [0, 0.05) is 34.6 Å². The molecular formula is C42H42Br2O4. The molecule has 0 aliphatic heterocycles. The molecule has 4 nitrogen and oxygen atoms in total. The number of rotatable bonds is 7. The SMILES string of the molecule is CCCOc1c2cccc1Cc1cc(-c3cc(C)cc(C)c3)cc(c1OCCC)Cc1cc(Br)cc(c1O)Cc1cc(Br)cc(c1O)C2. The molecule has 0 fully saturated rings. The van der Waals surface area contributed by atoms with Gasteiger partial charge in [0.05, 0.1) is 13.2 Å². The number of para-hydroxylation sites is 1. The molecule has 8 bridgehead atoms. The maximum Gasteiger partial charge on any atom is 0.126 e. The molecule has 48 heavy (non-hydrogen) atoms. The molecule has 6 heteroatoms. The summed E-state index contributed by atoms with van der Waals surface area (Å²) in [6.07, 6.45) is 3.69. The Morgan fingerprint density at radius 3 is 1.35 bits per heavy atom. The van der Waals surface area contributed by atoms with Crippen LogP contribution in [-0.4, -0.2) is 23.4 Å². The van der Waals surface area contributed by atoms with Crippen LogP contribution in [0.25, 0.3) is 11.1 Å². The Hall–Kier alpha value is -3.74. The monoisotopic (exact) mass is 768 g/mol. The van der Waals surface area contributed by atoms with Crippen molar-refractivity contribution in [2.45, 2.75) is 66.2 Å². The van der Waals surface area contributed by atoms with E-state index in [1.54, 1.807) is 0 Å². The van der Waals surface area contributed by atoms with E-state index in [-0.39, 0.29) is 11.5 Å². The van der Waals surface area contributed by atoms with E-state index in [0.717, 1.165) is 88.9 Å². The molecule has 6 rings (SSSR count). The zero-order valence-corrected chi connectivity index (χ0v) is 31.2. The Morgan fingerprint density at radius 1 is 0.521 bits per heavy atom. The highest BCUT2D eigenvalue weighted by molar-refractivity contribution is 9.10. The summed E-state index contributed by atoms with van der Waals surface area (Å²) in [4.78, 5) is 0. The fraction of sp³-hybridized carbons (Fsp3) is 0.286. The predicted octanol–water partition coefficient (Wildman–Crippen LogP) is 11.2. The fourth-order valence-corrected chi connectivity index (χ4v) is 7.92. The number of ether oxygens (including phenoxy) is 2. The van der Waals surface area contributed by atoms with Crippen molar-refractivity contribution in [1.29, 1.82) is 0 Å². The van der Waals surface area contributed by atoms with Crippen LogP contribution >= 0.6 is 31.9 Å². The molecule has 0 aromatic heterocycles. The van der Waals surface area contributed by atoms with Gasteiger partial charge in [-0.2, -0.15) is 0 Å². The minimum atomic E-state index is 0.228. The third kappa shape index (κ3) is 7.45. The standard InChI is InChI=1S/C42H42Br2O4/c1-5-10-47-41-27-8-7-9-28(41)16-35-17-30(29-13-25(3)12-26(4)14-29)18-36(42(35)48-11-6-2)20-34-24-38(44)23-33(40(34)46)19-32-22-37(43)21-31(15-27)39(32)45/h7-9,12-14,17-18,21-24,45-46H,5-6,10-11,15-16,19-20H2,1-4H3. The zero-order chi connectivity index (χ0) is 33.9. The van der Waals surface area contributed by atoms with Crippen LogP contribution in [0.2, 0.25) is 0 Å². The largest absolute Gasteiger partial charge is 0.507 e. The number of halogens is 2. The third-order valence-electron chi connectivity index (χ3n) is 8.87. The van der Waals surface area contributed by atoms with Crippen LogP contribution in [0, 0.1) is 13.8 Å². The summed E-state index contributed by atoms with van der Waals surface area (Å²) in [5, 5.41) is 23.4. The predicted molar refractivity (Wildman–Crippen MR) is 202 cm³/mol. The van der Waals surface area contributed by atoms with Crippen LogP contribution < -0.4 is 9.47 Å². The Balaban J connectivity index is 1.65. The number of aryl methyl sites for hydroxylation is 2. The van der Waals surface area contributed by atoms with Gasteiger partial charge in [0.25, 0.3) is 0 Å². The molecule has 1 aliphatic carbocycles. The van der Waals surface area contributed by atoms with E-state index in [0.29, 0.717) is 38.9 Å². The lowest BCUT2D eigenvalue weighted by molar-refractivity contribution is 0.308. The first-order chi connectivity index (χ1) is 23.1. The van der Waals surface area contributed by atoms with Crippen LogP contribution in [0.3, 0.4) is 0 Å². The summed E-state index contributed by atoms with van der Waals surface area (Å²) in [5.74, 6) is 2.18. The minimum absolute atomic E-state index is 0.228. The maximum absolute atomic E-state index is 11.8. The first-order valence-corrected chi connectivity index (χ1v) is 18.3. The Bertz CT molecular complexity index is 1960. The van der Waals surface area contributed by atoms with Crippen molar-refractivity contribution in [1.82, 2.24) is 0 Å². The second-order valence-electron chi connectivity index (χ2n) is 13.0. The summed E-state index contributed by atoms with van der Waals surface area (Å²) >= 11 is 7.41. The van der Waals surface area contributed by atoms with Gasteiger partial charge in [-0.05, 0) is 119 Å². The second-order valence-corrected chi connectivity index (χ2v) is 14.8. The van der Waals surface area contributed by atoms with E-state index < -0.39 is 0 Å². The number of phenolic OH excluding ortho intramolecular Hbond substituents is 2. The molecule has 0 heterocycles.